The molecule has 0 spiro atoms. The predicted octanol–water partition coefficient (Wildman–Crippen LogP) is 2.12. The number of carbonyl (C=O) groups excluding carboxylic acids is 1. The maximum Gasteiger partial charge on any atom is 0.323 e. The molecule has 25 heavy (non-hydrogen) atoms. The Hall–Kier alpha value is -2.57. The molecule has 2 fully saturated rings. The van der Waals surface area contributed by atoms with Crippen LogP contribution < -0.4 is 4.90 Å². The first-order chi connectivity index (χ1) is 12.1. The third kappa shape index (κ3) is 3.31. The number of amides is 1. The molecule has 2 aliphatic rings. The molecule has 1 N–H and O–H groups in total. The lowest BCUT2D eigenvalue weighted by Gasteiger charge is -2.33. The maximum absolute atomic E-state index is 12.7. The van der Waals surface area contributed by atoms with Crippen molar-refractivity contribution in [1.29, 1.82) is 0 Å². The van der Waals surface area contributed by atoms with Crippen molar-refractivity contribution in [3.05, 3.63) is 24.3 Å². The van der Waals surface area contributed by atoms with Gasteiger partial charge in [0.1, 0.15) is 12.1 Å². The van der Waals surface area contributed by atoms with E-state index in [-0.39, 0.29) is 24.4 Å². The molecule has 7 heteroatoms. The number of piperidine rings is 1. The largest absolute Gasteiger partial charge is 0.480 e. The van der Waals surface area contributed by atoms with Gasteiger partial charge in [-0.1, -0.05) is 12.1 Å². The van der Waals surface area contributed by atoms with Crippen molar-refractivity contribution in [2.45, 2.75) is 31.7 Å². The van der Waals surface area contributed by atoms with Crippen molar-refractivity contribution in [3.8, 4) is 0 Å². The molecule has 2 heterocycles. The summed E-state index contributed by atoms with van der Waals surface area (Å²) in [5.74, 6) is -1.06. The number of carboxylic acids is 1. The van der Waals surface area contributed by atoms with Crippen molar-refractivity contribution < 1.29 is 19.1 Å². The van der Waals surface area contributed by atoms with Crippen LogP contribution in [0.5, 0.6) is 0 Å². The van der Waals surface area contributed by atoms with E-state index in [1.807, 2.05) is 24.3 Å². The number of hydrogen-bond acceptors (Lipinski definition) is 5. The minimum atomic E-state index is -0.941. The summed E-state index contributed by atoms with van der Waals surface area (Å²) in [7, 11) is 0. The number of benzene rings is 1. The van der Waals surface area contributed by atoms with E-state index in [1.54, 1.807) is 4.90 Å². The summed E-state index contributed by atoms with van der Waals surface area (Å²) in [4.78, 5) is 31.9. The van der Waals surface area contributed by atoms with Crippen LogP contribution in [0.25, 0.3) is 11.1 Å². The van der Waals surface area contributed by atoms with E-state index in [9.17, 15) is 9.59 Å². The lowest BCUT2D eigenvalue weighted by Crippen LogP contribution is -2.45. The van der Waals surface area contributed by atoms with Crippen molar-refractivity contribution in [2.24, 2.45) is 5.92 Å². The van der Waals surface area contributed by atoms with Gasteiger partial charge >= 0.3 is 5.97 Å². The van der Waals surface area contributed by atoms with Crippen molar-refractivity contribution >= 4 is 29.0 Å². The van der Waals surface area contributed by atoms with E-state index in [4.69, 9.17) is 9.52 Å². The van der Waals surface area contributed by atoms with E-state index < -0.39 is 5.97 Å². The van der Waals surface area contributed by atoms with Crippen LogP contribution in [0.2, 0.25) is 0 Å². The average Bonchev–Trinajstić information content (AvgIpc) is 3.37. The van der Waals surface area contributed by atoms with Crippen molar-refractivity contribution in [1.82, 2.24) is 9.88 Å². The highest BCUT2D eigenvalue weighted by molar-refractivity contribution is 5.84. The molecule has 132 valence electrons. The van der Waals surface area contributed by atoms with E-state index in [0.717, 1.165) is 23.9 Å². The molecule has 1 aliphatic heterocycles. The van der Waals surface area contributed by atoms with E-state index >= 15 is 0 Å². The number of hydrogen-bond donors (Lipinski definition) is 1. The van der Waals surface area contributed by atoms with Crippen molar-refractivity contribution in [3.63, 3.8) is 0 Å². The second-order valence-electron chi connectivity index (χ2n) is 6.82. The summed E-state index contributed by atoms with van der Waals surface area (Å²) < 4.78 is 5.79. The third-order valence-electron chi connectivity index (χ3n) is 4.97. The fourth-order valence-corrected chi connectivity index (χ4v) is 3.47. The summed E-state index contributed by atoms with van der Waals surface area (Å²) in [6.45, 7) is 1.19. The Morgan fingerprint density at radius 1 is 1.20 bits per heavy atom. The highest BCUT2D eigenvalue weighted by atomic mass is 16.4. The van der Waals surface area contributed by atoms with Gasteiger partial charge in [-0.05, 0) is 37.8 Å². The molecule has 2 aromatic rings. The normalized spacial score (nSPS) is 18.5. The first-order valence-corrected chi connectivity index (χ1v) is 8.74. The Kier molecular flexibility index (Phi) is 4.07. The maximum atomic E-state index is 12.7. The summed E-state index contributed by atoms with van der Waals surface area (Å²) in [5.41, 5.74) is 1.59. The van der Waals surface area contributed by atoms with E-state index in [0.29, 0.717) is 31.9 Å². The quantitative estimate of drug-likeness (QED) is 0.895. The van der Waals surface area contributed by atoms with Gasteiger partial charge in [-0.15, -0.1) is 0 Å². The first-order valence-electron chi connectivity index (χ1n) is 8.74. The molecule has 1 amide bonds. The smallest absolute Gasteiger partial charge is 0.323 e. The second-order valence-corrected chi connectivity index (χ2v) is 6.82. The monoisotopic (exact) mass is 343 g/mol. The van der Waals surface area contributed by atoms with E-state index in [2.05, 4.69) is 9.88 Å². The number of oxazole rings is 1. The van der Waals surface area contributed by atoms with Gasteiger partial charge in [0.15, 0.2) is 5.58 Å². The number of carbonyl (C=O) groups is 2. The lowest BCUT2D eigenvalue weighted by molar-refractivity contribution is -0.147. The molecular weight excluding hydrogens is 322 g/mol. The minimum Gasteiger partial charge on any atom is -0.480 e. The molecule has 0 bridgehead atoms. The van der Waals surface area contributed by atoms with Gasteiger partial charge in [0.05, 0.1) is 0 Å². The molecular formula is C18H21N3O4. The number of rotatable bonds is 5. The second kappa shape index (κ2) is 6.38. The van der Waals surface area contributed by atoms with Crippen LogP contribution in [-0.2, 0) is 9.59 Å². The molecule has 0 unspecified atom stereocenters. The number of aromatic nitrogens is 1. The van der Waals surface area contributed by atoms with Crippen molar-refractivity contribution in [2.75, 3.05) is 24.5 Å². The van der Waals surface area contributed by atoms with Gasteiger partial charge in [-0.2, -0.15) is 4.98 Å². The molecule has 1 saturated carbocycles. The van der Waals surface area contributed by atoms with Crippen LogP contribution in [-0.4, -0.2) is 52.5 Å². The standard InChI is InChI=1S/C18H21N3O4/c22-16(23)11-21(13-5-6-13)17(24)12-7-9-20(10-8-12)18-19-14-3-1-2-4-15(14)25-18/h1-4,12-13H,5-11H2,(H,22,23). The highest BCUT2D eigenvalue weighted by Crippen LogP contribution is 2.31. The SMILES string of the molecule is O=C(O)CN(C(=O)C1CCN(c2nc3ccccc3o2)CC1)C1CC1. The fraction of sp³-hybridized carbons (Fsp3) is 0.500. The van der Waals surface area contributed by atoms with Gasteiger partial charge in [0, 0.05) is 25.0 Å². The van der Waals surface area contributed by atoms with Crippen LogP contribution in [0.1, 0.15) is 25.7 Å². The zero-order valence-electron chi connectivity index (χ0n) is 13.9. The van der Waals surface area contributed by atoms with Crippen LogP contribution in [0.4, 0.5) is 6.01 Å². The first kappa shape index (κ1) is 15.9. The van der Waals surface area contributed by atoms with Crippen LogP contribution in [0, 0.1) is 5.92 Å². The number of carboxylic acid groups (broad SMARTS) is 1. The van der Waals surface area contributed by atoms with Gasteiger partial charge in [0.25, 0.3) is 6.01 Å². The third-order valence-corrected chi connectivity index (χ3v) is 4.97. The molecule has 0 radical (unpaired) electrons. The lowest BCUT2D eigenvalue weighted by atomic mass is 9.95. The molecule has 1 aromatic heterocycles. The molecule has 1 saturated heterocycles. The van der Waals surface area contributed by atoms with Crippen LogP contribution >= 0.6 is 0 Å². The Morgan fingerprint density at radius 3 is 2.56 bits per heavy atom. The molecule has 7 nitrogen and oxygen atoms in total. The highest BCUT2D eigenvalue weighted by Gasteiger charge is 2.38. The fourth-order valence-electron chi connectivity index (χ4n) is 3.47. The summed E-state index contributed by atoms with van der Waals surface area (Å²) in [6, 6.07) is 8.36. The number of aliphatic carboxylic acids is 1. The average molecular weight is 343 g/mol. The summed E-state index contributed by atoms with van der Waals surface area (Å²) >= 11 is 0. The molecule has 0 atom stereocenters. The van der Waals surface area contributed by atoms with Gasteiger partial charge < -0.3 is 19.3 Å². The van der Waals surface area contributed by atoms with Gasteiger partial charge in [-0.3, -0.25) is 9.59 Å². The Morgan fingerprint density at radius 2 is 1.92 bits per heavy atom. The molecule has 1 aromatic carbocycles. The predicted molar refractivity (Wildman–Crippen MR) is 91.3 cm³/mol. The zero-order valence-corrected chi connectivity index (χ0v) is 13.9. The number of fused-ring (bicyclic) bond motifs is 1. The summed E-state index contributed by atoms with van der Waals surface area (Å²) in [5, 5.41) is 9.04. The van der Waals surface area contributed by atoms with Gasteiger partial charge in [0.2, 0.25) is 5.91 Å². The number of nitrogens with zero attached hydrogens (tertiary/aromatic N) is 3. The number of para-hydroxylation sites is 2. The van der Waals surface area contributed by atoms with Gasteiger partial charge in [-0.25, -0.2) is 0 Å². The summed E-state index contributed by atoms with van der Waals surface area (Å²) in [6.07, 6.45) is 3.22. The Bertz CT molecular complexity index is 757. The molecule has 1 aliphatic carbocycles. The van der Waals surface area contributed by atoms with Crippen LogP contribution in [0.3, 0.4) is 0 Å². The number of anilines is 1. The van der Waals surface area contributed by atoms with Crippen LogP contribution in [0.15, 0.2) is 28.7 Å². The zero-order chi connectivity index (χ0) is 17.4. The van der Waals surface area contributed by atoms with E-state index in [1.165, 1.54) is 0 Å². The minimum absolute atomic E-state index is 0.0119. The Balaban J connectivity index is 1.40. The molecule has 4 rings (SSSR count). The Labute approximate surface area is 145 Å². The topological polar surface area (TPSA) is 86.9 Å².